The van der Waals surface area contributed by atoms with Crippen molar-refractivity contribution in [1.82, 2.24) is 4.98 Å². The van der Waals surface area contributed by atoms with E-state index < -0.39 is 0 Å². The molecule has 58 valence electrons. The van der Waals surface area contributed by atoms with E-state index in [4.69, 9.17) is 0 Å². The summed E-state index contributed by atoms with van der Waals surface area (Å²) in [6, 6.07) is 3.69. The van der Waals surface area contributed by atoms with Crippen LogP contribution in [0, 0.1) is 6.92 Å². The van der Waals surface area contributed by atoms with Crippen LogP contribution in [0.25, 0.3) is 0 Å². The van der Waals surface area contributed by atoms with Gasteiger partial charge in [0.25, 0.3) is 0 Å². The van der Waals surface area contributed by atoms with Crippen LogP contribution in [0.5, 0.6) is 0 Å². The smallest absolute Gasteiger partial charge is 0.179 e. The van der Waals surface area contributed by atoms with E-state index >= 15 is 0 Å². The third-order valence-electron chi connectivity index (χ3n) is 1.32. The summed E-state index contributed by atoms with van der Waals surface area (Å²) in [5.74, 6) is -0.0134. The minimum Gasteiger partial charge on any atom is -0.293 e. The molecule has 0 spiro atoms. The fourth-order valence-corrected chi connectivity index (χ4v) is 1.29. The molecule has 1 heterocycles. The lowest BCUT2D eigenvalue weighted by Gasteiger charge is -1.98. The first kappa shape index (κ1) is 8.40. The number of carbonyl (C=O) groups excluding carboxylic acids is 1. The van der Waals surface area contributed by atoms with E-state index in [1.165, 1.54) is 6.92 Å². The molecule has 0 bridgehead atoms. The van der Waals surface area contributed by atoms with Crippen LogP contribution in [0.4, 0.5) is 0 Å². The summed E-state index contributed by atoms with van der Waals surface area (Å²) in [6.45, 7) is 3.37. The normalized spacial score (nSPS) is 9.73. The maximum Gasteiger partial charge on any atom is 0.179 e. The lowest BCUT2D eigenvalue weighted by atomic mass is 10.2. The highest BCUT2D eigenvalue weighted by Crippen LogP contribution is 2.14. The van der Waals surface area contributed by atoms with Crippen LogP contribution in [0.3, 0.4) is 0 Å². The minimum absolute atomic E-state index is 0.0134. The third-order valence-corrected chi connectivity index (χ3v) is 1.96. The van der Waals surface area contributed by atoms with Crippen LogP contribution >= 0.6 is 15.9 Å². The number of carbonyl (C=O) groups is 1. The van der Waals surface area contributed by atoms with Gasteiger partial charge in [-0.25, -0.2) is 4.98 Å². The third kappa shape index (κ3) is 1.87. The maximum absolute atomic E-state index is 10.9. The molecule has 0 aromatic carbocycles. The van der Waals surface area contributed by atoms with E-state index in [2.05, 4.69) is 20.9 Å². The minimum atomic E-state index is -0.0134. The summed E-state index contributed by atoms with van der Waals surface area (Å²) in [6.07, 6.45) is 0. The van der Waals surface area contributed by atoms with Crippen LogP contribution in [0.2, 0.25) is 0 Å². The van der Waals surface area contributed by atoms with Crippen LogP contribution in [-0.4, -0.2) is 10.8 Å². The highest BCUT2D eigenvalue weighted by atomic mass is 79.9. The number of hydrogen-bond acceptors (Lipinski definition) is 2. The summed E-state index contributed by atoms with van der Waals surface area (Å²) < 4.78 is 0.760. The zero-order valence-corrected chi connectivity index (χ0v) is 7.97. The van der Waals surface area contributed by atoms with Crippen LogP contribution < -0.4 is 0 Å². The van der Waals surface area contributed by atoms with Crippen molar-refractivity contribution in [3.8, 4) is 0 Å². The fourth-order valence-electron chi connectivity index (χ4n) is 0.787. The number of aromatic nitrogens is 1. The molecule has 0 amide bonds. The zero-order valence-electron chi connectivity index (χ0n) is 6.39. The second kappa shape index (κ2) is 3.13. The molecule has 1 aromatic heterocycles. The van der Waals surface area contributed by atoms with Gasteiger partial charge in [-0.1, -0.05) is 0 Å². The Morgan fingerprint density at radius 2 is 2.18 bits per heavy atom. The number of pyridine rings is 1. The van der Waals surface area contributed by atoms with Crippen molar-refractivity contribution >= 4 is 21.7 Å². The van der Waals surface area contributed by atoms with E-state index in [9.17, 15) is 4.79 Å². The Labute approximate surface area is 73.8 Å². The molecule has 0 saturated heterocycles. The van der Waals surface area contributed by atoms with Gasteiger partial charge in [0.1, 0.15) is 5.69 Å². The largest absolute Gasteiger partial charge is 0.293 e. The molecule has 0 unspecified atom stereocenters. The zero-order chi connectivity index (χ0) is 8.43. The summed E-state index contributed by atoms with van der Waals surface area (Å²) in [5.41, 5.74) is 1.36. The molecule has 0 aliphatic heterocycles. The molecule has 0 aliphatic rings. The van der Waals surface area contributed by atoms with Gasteiger partial charge in [-0.2, -0.15) is 0 Å². The topological polar surface area (TPSA) is 30.0 Å². The second-order valence-corrected chi connectivity index (χ2v) is 3.19. The summed E-state index contributed by atoms with van der Waals surface area (Å²) >= 11 is 3.25. The Bertz CT molecular complexity index is 296. The van der Waals surface area contributed by atoms with Gasteiger partial charge in [0.2, 0.25) is 0 Å². The van der Waals surface area contributed by atoms with Crippen LogP contribution in [0.15, 0.2) is 16.6 Å². The molecule has 0 N–H and O–H groups in total. The Morgan fingerprint density at radius 3 is 2.64 bits per heavy atom. The molecule has 3 heteroatoms. The molecule has 0 saturated carbocycles. The number of rotatable bonds is 1. The number of nitrogens with zero attached hydrogens (tertiary/aromatic N) is 1. The lowest BCUT2D eigenvalue weighted by molar-refractivity contribution is 0.101. The average Bonchev–Trinajstić information content (AvgIpc) is 1.94. The van der Waals surface area contributed by atoms with E-state index in [0.29, 0.717) is 5.69 Å². The summed E-state index contributed by atoms with van der Waals surface area (Å²) in [5, 5.41) is 0. The molecule has 0 fully saturated rings. The van der Waals surface area contributed by atoms with Gasteiger partial charge < -0.3 is 0 Å². The molecule has 0 atom stereocenters. The van der Waals surface area contributed by atoms with Gasteiger partial charge in [0.15, 0.2) is 5.78 Å². The summed E-state index contributed by atoms with van der Waals surface area (Å²) in [7, 11) is 0. The van der Waals surface area contributed by atoms with Gasteiger partial charge in [-0.3, -0.25) is 4.79 Å². The van der Waals surface area contributed by atoms with E-state index in [0.717, 1.165) is 10.2 Å². The first-order valence-electron chi connectivity index (χ1n) is 3.25. The van der Waals surface area contributed by atoms with E-state index in [1.54, 1.807) is 0 Å². The molecule has 1 aromatic rings. The fraction of sp³-hybridized carbons (Fsp3) is 0.250. The van der Waals surface area contributed by atoms with Gasteiger partial charge in [0.05, 0.1) is 0 Å². The van der Waals surface area contributed by atoms with Crippen LogP contribution in [-0.2, 0) is 0 Å². The van der Waals surface area contributed by atoms with E-state index in [-0.39, 0.29) is 5.78 Å². The molecule has 11 heavy (non-hydrogen) atoms. The standard InChI is InChI=1S/C8H8BrNO/c1-5-3-4-7(9)8(10-5)6(2)11/h3-4H,1-2H3. The molecule has 1 rings (SSSR count). The van der Waals surface area contributed by atoms with Gasteiger partial charge >= 0.3 is 0 Å². The second-order valence-electron chi connectivity index (χ2n) is 2.34. The van der Waals surface area contributed by atoms with Gasteiger partial charge in [0, 0.05) is 17.1 Å². The van der Waals surface area contributed by atoms with Crippen molar-refractivity contribution in [3.05, 3.63) is 28.0 Å². The quantitative estimate of drug-likeness (QED) is 0.671. The first-order chi connectivity index (χ1) is 5.11. The number of halogens is 1. The first-order valence-corrected chi connectivity index (χ1v) is 4.04. The van der Waals surface area contributed by atoms with Crippen molar-refractivity contribution in [3.63, 3.8) is 0 Å². The Kier molecular flexibility index (Phi) is 2.39. The number of Topliss-reactive ketones (excluding diaryl/α,β-unsaturated/α-hetero) is 1. The average molecular weight is 214 g/mol. The Balaban J connectivity index is 3.23. The number of hydrogen-bond donors (Lipinski definition) is 0. The molecule has 0 aliphatic carbocycles. The highest BCUT2D eigenvalue weighted by Gasteiger charge is 2.05. The predicted molar refractivity (Wildman–Crippen MR) is 46.7 cm³/mol. The maximum atomic E-state index is 10.9. The molecular weight excluding hydrogens is 206 g/mol. The van der Waals surface area contributed by atoms with Crippen molar-refractivity contribution < 1.29 is 4.79 Å². The number of ketones is 1. The van der Waals surface area contributed by atoms with Crippen LogP contribution in [0.1, 0.15) is 23.1 Å². The predicted octanol–water partition coefficient (Wildman–Crippen LogP) is 2.36. The monoisotopic (exact) mass is 213 g/mol. The van der Waals surface area contributed by atoms with E-state index in [1.807, 2.05) is 19.1 Å². The summed E-state index contributed by atoms with van der Waals surface area (Å²) in [4.78, 5) is 15.0. The Morgan fingerprint density at radius 1 is 1.55 bits per heavy atom. The molecule has 0 radical (unpaired) electrons. The van der Waals surface area contributed by atoms with Gasteiger partial charge in [-0.15, -0.1) is 0 Å². The molecule has 2 nitrogen and oxygen atoms in total. The van der Waals surface area contributed by atoms with Crippen molar-refractivity contribution in [2.45, 2.75) is 13.8 Å². The molecular formula is C8H8BrNO. The number of aryl methyl sites for hydroxylation is 1. The SMILES string of the molecule is CC(=O)c1nc(C)ccc1Br. The Hall–Kier alpha value is -0.700. The lowest BCUT2D eigenvalue weighted by Crippen LogP contribution is -1.98. The van der Waals surface area contributed by atoms with Crippen molar-refractivity contribution in [2.75, 3.05) is 0 Å². The van der Waals surface area contributed by atoms with Crippen molar-refractivity contribution in [1.29, 1.82) is 0 Å². The van der Waals surface area contributed by atoms with Gasteiger partial charge in [-0.05, 0) is 35.0 Å². The van der Waals surface area contributed by atoms with Crippen molar-refractivity contribution in [2.24, 2.45) is 0 Å². The highest BCUT2D eigenvalue weighted by molar-refractivity contribution is 9.10.